The topological polar surface area (TPSA) is 48.0 Å². The van der Waals surface area contributed by atoms with Crippen molar-refractivity contribution in [2.75, 3.05) is 20.2 Å². The number of fused-ring (bicyclic) bond motifs is 1. The third-order valence-electron chi connectivity index (χ3n) is 4.78. The molecule has 2 aliphatic rings. The van der Waals surface area contributed by atoms with Gasteiger partial charge in [-0.25, -0.2) is 4.79 Å². The van der Waals surface area contributed by atoms with Crippen LogP contribution in [0.2, 0.25) is 0 Å². The Morgan fingerprint density at radius 2 is 1.92 bits per heavy atom. The Labute approximate surface area is 143 Å². The van der Waals surface area contributed by atoms with E-state index in [9.17, 15) is 4.79 Å². The Bertz CT molecular complexity index is 612. The van der Waals surface area contributed by atoms with E-state index in [-0.39, 0.29) is 11.7 Å². The summed E-state index contributed by atoms with van der Waals surface area (Å²) >= 11 is 0. The zero-order valence-electron chi connectivity index (χ0n) is 15.1. The van der Waals surface area contributed by atoms with Gasteiger partial charge in [0, 0.05) is 32.0 Å². The zero-order valence-corrected chi connectivity index (χ0v) is 15.1. The zero-order chi connectivity index (χ0) is 17.4. The summed E-state index contributed by atoms with van der Waals surface area (Å²) < 4.78 is 17.1. The van der Waals surface area contributed by atoms with Gasteiger partial charge >= 0.3 is 6.09 Å². The third kappa shape index (κ3) is 3.60. The average Bonchev–Trinajstić information content (AvgIpc) is 2.53. The number of rotatable bonds is 1. The maximum absolute atomic E-state index is 12.2. The number of nitrogens with zero attached hydrogens (tertiary/aromatic N) is 1. The summed E-state index contributed by atoms with van der Waals surface area (Å²) in [4.78, 5) is 14.0. The van der Waals surface area contributed by atoms with E-state index in [1.54, 1.807) is 12.0 Å². The van der Waals surface area contributed by atoms with E-state index in [1.807, 2.05) is 32.9 Å². The highest BCUT2D eigenvalue weighted by molar-refractivity contribution is 5.68. The second-order valence-corrected chi connectivity index (χ2v) is 7.73. The first-order valence-corrected chi connectivity index (χ1v) is 8.64. The summed E-state index contributed by atoms with van der Waals surface area (Å²) in [5, 5.41) is 0. The first kappa shape index (κ1) is 16.9. The number of hydrogen-bond acceptors (Lipinski definition) is 4. The van der Waals surface area contributed by atoms with Crippen LogP contribution in [0.1, 0.15) is 45.6 Å². The molecule has 5 nitrogen and oxygen atoms in total. The lowest BCUT2D eigenvalue weighted by atomic mass is 9.83. The molecule has 2 heterocycles. The van der Waals surface area contributed by atoms with E-state index in [0.717, 1.165) is 37.2 Å². The van der Waals surface area contributed by atoms with Crippen LogP contribution in [0.4, 0.5) is 4.79 Å². The Morgan fingerprint density at radius 1 is 1.21 bits per heavy atom. The van der Waals surface area contributed by atoms with Crippen LogP contribution < -0.4 is 9.47 Å². The van der Waals surface area contributed by atoms with Gasteiger partial charge < -0.3 is 19.1 Å². The van der Waals surface area contributed by atoms with Crippen molar-refractivity contribution in [2.24, 2.45) is 0 Å². The lowest BCUT2D eigenvalue weighted by molar-refractivity contribution is -0.0273. The van der Waals surface area contributed by atoms with E-state index in [2.05, 4.69) is 6.07 Å². The molecule has 0 atom stereocenters. The van der Waals surface area contributed by atoms with Gasteiger partial charge in [-0.2, -0.15) is 0 Å². The maximum Gasteiger partial charge on any atom is 0.410 e. The molecule has 0 unspecified atom stereocenters. The van der Waals surface area contributed by atoms with Gasteiger partial charge in [0.05, 0.1) is 7.11 Å². The molecule has 0 bridgehead atoms. The van der Waals surface area contributed by atoms with Crippen LogP contribution in [0, 0.1) is 0 Å². The lowest BCUT2D eigenvalue weighted by Gasteiger charge is -2.44. The number of methoxy groups -OCH3 is 1. The molecular formula is C19H27NO4. The molecule has 1 aromatic carbocycles. The van der Waals surface area contributed by atoms with Crippen molar-refractivity contribution >= 4 is 6.09 Å². The summed E-state index contributed by atoms with van der Waals surface area (Å²) in [7, 11) is 1.67. The van der Waals surface area contributed by atoms with Crippen molar-refractivity contribution in [3.8, 4) is 11.5 Å². The smallest absolute Gasteiger partial charge is 0.410 e. The standard InChI is InChI=1S/C19H27NO4/c1-18(2,3)24-17(21)20-11-9-19(10-12-20)8-7-14-5-6-15(22-4)13-16(14)23-19/h5-6,13H,7-12H2,1-4H3. The highest BCUT2D eigenvalue weighted by Gasteiger charge is 2.41. The molecule has 1 spiro atoms. The maximum atomic E-state index is 12.2. The fraction of sp³-hybridized carbons (Fsp3) is 0.632. The molecule has 1 fully saturated rings. The predicted molar refractivity (Wildman–Crippen MR) is 91.7 cm³/mol. The molecule has 1 saturated heterocycles. The molecule has 2 aliphatic heterocycles. The van der Waals surface area contributed by atoms with E-state index in [1.165, 1.54) is 5.56 Å². The number of hydrogen-bond donors (Lipinski definition) is 0. The molecule has 1 aromatic rings. The minimum atomic E-state index is -0.455. The van der Waals surface area contributed by atoms with Crippen molar-refractivity contribution in [3.05, 3.63) is 23.8 Å². The lowest BCUT2D eigenvalue weighted by Crippen LogP contribution is -2.51. The number of carbonyl (C=O) groups excluding carboxylic acids is 1. The Kier molecular flexibility index (Phi) is 4.37. The number of piperidine rings is 1. The number of likely N-dealkylation sites (tertiary alicyclic amines) is 1. The van der Waals surface area contributed by atoms with Gasteiger partial charge in [-0.05, 0) is 45.2 Å². The number of aryl methyl sites for hydroxylation is 1. The molecule has 0 aromatic heterocycles. The summed E-state index contributed by atoms with van der Waals surface area (Å²) in [5.41, 5.74) is 0.608. The number of amides is 1. The average molecular weight is 333 g/mol. The normalized spacial score (nSPS) is 19.4. The monoisotopic (exact) mass is 333 g/mol. The van der Waals surface area contributed by atoms with Gasteiger partial charge in [0.25, 0.3) is 0 Å². The van der Waals surface area contributed by atoms with E-state index in [0.29, 0.717) is 13.1 Å². The predicted octanol–water partition coefficient (Wildman–Crippen LogP) is 3.79. The van der Waals surface area contributed by atoms with E-state index >= 15 is 0 Å². The molecule has 3 rings (SSSR count). The fourth-order valence-electron chi connectivity index (χ4n) is 3.39. The molecular weight excluding hydrogens is 306 g/mol. The van der Waals surface area contributed by atoms with E-state index < -0.39 is 5.60 Å². The van der Waals surface area contributed by atoms with Crippen molar-refractivity contribution in [2.45, 2.75) is 57.7 Å². The molecule has 0 radical (unpaired) electrons. The van der Waals surface area contributed by atoms with Crippen molar-refractivity contribution in [3.63, 3.8) is 0 Å². The Hall–Kier alpha value is -1.91. The SMILES string of the molecule is COc1ccc2c(c1)OC1(CC2)CCN(C(=O)OC(C)(C)C)CC1. The molecule has 0 aliphatic carbocycles. The summed E-state index contributed by atoms with van der Waals surface area (Å²) in [6, 6.07) is 6.03. The number of ether oxygens (including phenoxy) is 3. The van der Waals surface area contributed by atoms with Gasteiger partial charge in [-0.1, -0.05) is 6.07 Å². The molecule has 5 heteroatoms. The van der Waals surface area contributed by atoms with Crippen LogP contribution in [0.15, 0.2) is 18.2 Å². The largest absolute Gasteiger partial charge is 0.497 e. The molecule has 0 saturated carbocycles. The van der Waals surface area contributed by atoms with Crippen LogP contribution in [-0.4, -0.2) is 42.4 Å². The molecule has 24 heavy (non-hydrogen) atoms. The van der Waals surface area contributed by atoms with Crippen LogP contribution in [0.3, 0.4) is 0 Å². The first-order valence-electron chi connectivity index (χ1n) is 8.64. The minimum absolute atomic E-state index is 0.169. The first-order chi connectivity index (χ1) is 11.3. The van der Waals surface area contributed by atoms with Gasteiger partial charge in [-0.3, -0.25) is 0 Å². The molecule has 0 N–H and O–H groups in total. The van der Waals surface area contributed by atoms with Gasteiger partial charge in [-0.15, -0.1) is 0 Å². The quantitative estimate of drug-likeness (QED) is 0.784. The number of benzene rings is 1. The second-order valence-electron chi connectivity index (χ2n) is 7.73. The van der Waals surface area contributed by atoms with Crippen molar-refractivity contribution < 1.29 is 19.0 Å². The van der Waals surface area contributed by atoms with Gasteiger partial charge in [0.15, 0.2) is 0 Å². The third-order valence-corrected chi connectivity index (χ3v) is 4.78. The second kappa shape index (κ2) is 6.19. The Balaban J connectivity index is 1.64. The highest BCUT2D eigenvalue weighted by atomic mass is 16.6. The summed E-state index contributed by atoms with van der Waals surface area (Å²) in [5.74, 6) is 1.74. The van der Waals surface area contributed by atoms with Crippen LogP contribution in [-0.2, 0) is 11.2 Å². The minimum Gasteiger partial charge on any atom is -0.497 e. The Morgan fingerprint density at radius 3 is 2.54 bits per heavy atom. The van der Waals surface area contributed by atoms with Gasteiger partial charge in [0.1, 0.15) is 22.7 Å². The number of carbonyl (C=O) groups is 1. The highest BCUT2D eigenvalue weighted by Crippen LogP contribution is 2.40. The van der Waals surface area contributed by atoms with Crippen LogP contribution >= 0.6 is 0 Å². The summed E-state index contributed by atoms with van der Waals surface area (Å²) in [6.45, 7) is 7.03. The fourth-order valence-corrected chi connectivity index (χ4v) is 3.39. The van der Waals surface area contributed by atoms with Crippen molar-refractivity contribution in [1.82, 2.24) is 4.90 Å². The van der Waals surface area contributed by atoms with Crippen LogP contribution in [0.25, 0.3) is 0 Å². The van der Waals surface area contributed by atoms with E-state index in [4.69, 9.17) is 14.2 Å². The van der Waals surface area contributed by atoms with Gasteiger partial charge in [0.2, 0.25) is 0 Å². The molecule has 132 valence electrons. The molecule has 1 amide bonds. The summed E-state index contributed by atoms with van der Waals surface area (Å²) in [6.07, 6.45) is 3.45. The van der Waals surface area contributed by atoms with Crippen molar-refractivity contribution in [1.29, 1.82) is 0 Å². The van der Waals surface area contributed by atoms with Crippen LogP contribution in [0.5, 0.6) is 11.5 Å².